The van der Waals surface area contributed by atoms with Crippen LogP contribution < -0.4 is 0 Å². The topological polar surface area (TPSA) is 59.2 Å². The van der Waals surface area contributed by atoms with Crippen molar-refractivity contribution < 1.29 is 9.21 Å². The van der Waals surface area contributed by atoms with Crippen LogP contribution in [0.4, 0.5) is 0 Å². The van der Waals surface area contributed by atoms with Gasteiger partial charge in [0, 0.05) is 17.1 Å². The van der Waals surface area contributed by atoms with Crippen molar-refractivity contribution in [2.75, 3.05) is 5.75 Å². The molecule has 0 radical (unpaired) electrons. The maximum Gasteiger partial charge on any atom is 0.277 e. The Hall–Kier alpha value is -2.12. The number of carbonyl (C=O) groups is 1. The van der Waals surface area contributed by atoms with Crippen LogP contribution in [-0.2, 0) is 11.3 Å². The monoisotopic (exact) mass is 471 g/mol. The Bertz CT molecular complexity index is 975. The van der Waals surface area contributed by atoms with Crippen molar-refractivity contribution in [3.63, 3.8) is 0 Å². The second-order valence-corrected chi connectivity index (χ2v) is 9.01. The molecule has 4 rings (SSSR count). The van der Waals surface area contributed by atoms with Gasteiger partial charge < -0.3 is 9.32 Å². The Morgan fingerprint density at radius 2 is 1.90 bits per heavy atom. The summed E-state index contributed by atoms with van der Waals surface area (Å²) in [5.41, 5.74) is 1.98. The lowest BCUT2D eigenvalue weighted by molar-refractivity contribution is -0.131. The number of halogens is 1. The van der Waals surface area contributed by atoms with Gasteiger partial charge in [-0.25, -0.2) is 0 Å². The van der Waals surface area contributed by atoms with Crippen molar-refractivity contribution in [2.45, 2.75) is 37.6 Å². The van der Waals surface area contributed by atoms with Gasteiger partial charge in [0.15, 0.2) is 0 Å². The van der Waals surface area contributed by atoms with Gasteiger partial charge in [0.2, 0.25) is 11.8 Å². The van der Waals surface area contributed by atoms with E-state index in [2.05, 4.69) is 45.2 Å². The molecule has 7 heteroatoms. The van der Waals surface area contributed by atoms with Gasteiger partial charge >= 0.3 is 0 Å². The van der Waals surface area contributed by atoms with Crippen LogP contribution in [0.15, 0.2) is 68.7 Å². The third kappa shape index (κ3) is 5.08. The maximum atomic E-state index is 13.0. The Morgan fingerprint density at radius 1 is 1.17 bits per heavy atom. The largest absolute Gasteiger partial charge is 0.411 e. The molecule has 0 saturated heterocycles. The van der Waals surface area contributed by atoms with Crippen molar-refractivity contribution >= 4 is 33.6 Å². The van der Waals surface area contributed by atoms with E-state index in [0.29, 0.717) is 23.6 Å². The van der Waals surface area contributed by atoms with E-state index in [1.165, 1.54) is 24.6 Å². The number of hydrogen-bond donors (Lipinski definition) is 0. The highest BCUT2D eigenvalue weighted by molar-refractivity contribution is 9.10. The molecule has 3 aromatic rings. The Labute approximate surface area is 183 Å². The molecule has 0 bridgehead atoms. The van der Waals surface area contributed by atoms with Gasteiger partial charge in [0.1, 0.15) is 0 Å². The smallest absolute Gasteiger partial charge is 0.277 e. The average Bonchev–Trinajstić information content (AvgIpc) is 3.49. The molecule has 1 aromatic heterocycles. The second kappa shape index (κ2) is 9.13. The minimum Gasteiger partial charge on any atom is -0.411 e. The summed E-state index contributed by atoms with van der Waals surface area (Å²) < 4.78 is 6.65. The molecule has 5 nitrogen and oxygen atoms in total. The average molecular weight is 472 g/mol. The zero-order valence-electron chi connectivity index (χ0n) is 16.1. The van der Waals surface area contributed by atoms with Crippen LogP contribution in [0.2, 0.25) is 0 Å². The maximum absolute atomic E-state index is 13.0. The summed E-state index contributed by atoms with van der Waals surface area (Å²) in [5, 5.41) is 8.62. The van der Waals surface area contributed by atoms with Gasteiger partial charge in [-0.3, -0.25) is 4.79 Å². The van der Waals surface area contributed by atoms with E-state index in [9.17, 15) is 4.79 Å². The van der Waals surface area contributed by atoms with Crippen LogP contribution in [0.25, 0.3) is 11.5 Å². The van der Waals surface area contributed by atoms with Crippen LogP contribution in [0.1, 0.15) is 25.3 Å². The van der Waals surface area contributed by atoms with E-state index >= 15 is 0 Å². The minimum absolute atomic E-state index is 0.0962. The summed E-state index contributed by atoms with van der Waals surface area (Å²) in [4.78, 5) is 15.0. The molecule has 1 amide bonds. The summed E-state index contributed by atoms with van der Waals surface area (Å²) in [5.74, 6) is 1.43. The Kier molecular flexibility index (Phi) is 6.35. The summed E-state index contributed by atoms with van der Waals surface area (Å²) >= 11 is 4.79. The van der Waals surface area contributed by atoms with Crippen molar-refractivity contribution in [3.05, 3.63) is 64.6 Å². The molecule has 1 heterocycles. The summed E-state index contributed by atoms with van der Waals surface area (Å²) in [6.45, 7) is 2.78. The fourth-order valence-corrected chi connectivity index (χ4v) is 4.39. The lowest BCUT2D eigenvalue weighted by Crippen LogP contribution is -2.40. The fraction of sp³-hybridized carbons (Fsp3) is 0.318. The van der Waals surface area contributed by atoms with E-state index in [0.717, 1.165) is 15.6 Å². The number of thioether (sulfide) groups is 1. The van der Waals surface area contributed by atoms with Gasteiger partial charge in [0.25, 0.3) is 5.22 Å². The molecule has 0 aliphatic heterocycles. The van der Waals surface area contributed by atoms with Crippen LogP contribution in [-0.4, -0.2) is 32.8 Å². The van der Waals surface area contributed by atoms with E-state index in [1.54, 1.807) is 0 Å². The van der Waals surface area contributed by atoms with Crippen molar-refractivity contribution in [3.8, 4) is 11.5 Å². The van der Waals surface area contributed by atoms with Gasteiger partial charge in [0.05, 0.1) is 11.3 Å². The first-order valence-electron chi connectivity index (χ1n) is 9.66. The predicted octanol–water partition coefficient (Wildman–Crippen LogP) is 5.42. The van der Waals surface area contributed by atoms with Gasteiger partial charge in [-0.1, -0.05) is 54.2 Å². The van der Waals surface area contributed by atoms with E-state index in [-0.39, 0.29) is 17.7 Å². The first-order valence-corrected chi connectivity index (χ1v) is 11.4. The number of nitrogens with zero attached hydrogens (tertiary/aromatic N) is 3. The predicted molar refractivity (Wildman–Crippen MR) is 117 cm³/mol. The lowest BCUT2D eigenvalue weighted by atomic mass is 10.1. The van der Waals surface area contributed by atoms with Crippen molar-refractivity contribution in [1.29, 1.82) is 0 Å². The number of benzene rings is 2. The standard InChI is InChI=1S/C22H22BrN3O2S/c1-15(17-11-12-17)26(13-16-7-3-2-4-8-16)20(27)14-29-22-25-24-21(28-22)18-9-5-6-10-19(18)23/h2-10,15,17H,11-14H2,1H3/t15-/m0/s1. The molecule has 0 spiro atoms. The van der Waals surface area contributed by atoms with Crippen molar-refractivity contribution in [2.24, 2.45) is 5.92 Å². The van der Waals surface area contributed by atoms with Gasteiger partial charge in [-0.15, -0.1) is 10.2 Å². The minimum atomic E-state index is 0.0962. The molecule has 1 aliphatic carbocycles. The number of amides is 1. The first-order chi connectivity index (χ1) is 14.1. The summed E-state index contributed by atoms with van der Waals surface area (Å²) in [7, 11) is 0. The SMILES string of the molecule is C[C@@H](C1CC1)N(Cc1ccccc1)C(=O)CSc1nnc(-c2ccccc2Br)o1. The first kappa shape index (κ1) is 20.2. The molecule has 150 valence electrons. The van der Waals surface area contributed by atoms with Crippen LogP contribution in [0.5, 0.6) is 0 Å². The second-order valence-electron chi connectivity index (χ2n) is 7.23. The van der Waals surface area contributed by atoms with Crippen LogP contribution >= 0.6 is 27.7 Å². The molecule has 0 N–H and O–H groups in total. The van der Waals surface area contributed by atoms with Crippen molar-refractivity contribution in [1.82, 2.24) is 15.1 Å². The summed E-state index contributed by atoms with van der Waals surface area (Å²) in [6.07, 6.45) is 2.40. The quantitative estimate of drug-likeness (QED) is 0.410. The van der Waals surface area contributed by atoms with Gasteiger partial charge in [-0.05, 0) is 59.3 Å². The molecule has 1 fully saturated rings. The normalized spacial score (nSPS) is 14.6. The molecule has 0 unspecified atom stereocenters. The zero-order valence-corrected chi connectivity index (χ0v) is 18.5. The molecular formula is C22H22BrN3O2S. The molecule has 1 saturated carbocycles. The Balaban J connectivity index is 1.42. The highest BCUT2D eigenvalue weighted by Crippen LogP contribution is 2.36. The third-order valence-corrected chi connectivity index (χ3v) is 6.64. The molecule has 29 heavy (non-hydrogen) atoms. The van der Waals surface area contributed by atoms with Gasteiger partial charge in [-0.2, -0.15) is 0 Å². The number of rotatable bonds is 8. The molecular weight excluding hydrogens is 450 g/mol. The number of hydrogen-bond acceptors (Lipinski definition) is 5. The fourth-order valence-electron chi connectivity index (χ4n) is 3.29. The highest BCUT2D eigenvalue weighted by atomic mass is 79.9. The zero-order chi connectivity index (χ0) is 20.2. The van der Waals surface area contributed by atoms with E-state index < -0.39 is 0 Å². The number of aromatic nitrogens is 2. The Morgan fingerprint density at radius 3 is 2.62 bits per heavy atom. The molecule has 2 aromatic carbocycles. The van der Waals surface area contributed by atoms with Crippen LogP contribution in [0, 0.1) is 5.92 Å². The van der Waals surface area contributed by atoms with Crippen LogP contribution in [0.3, 0.4) is 0 Å². The third-order valence-electron chi connectivity index (χ3n) is 5.14. The lowest BCUT2D eigenvalue weighted by Gasteiger charge is -2.29. The number of carbonyl (C=O) groups excluding carboxylic acids is 1. The van der Waals surface area contributed by atoms with E-state index in [1.807, 2.05) is 47.4 Å². The molecule has 1 atom stereocenters. The van der Waals surface area contributed by atoms with E-state index in [4.69, 9.17) is 4.42 Å². The summed E-state index contributed by atoms with van der Waals surface area (Å²) in [6, 6.07) is 18.1. The molecule has 1 aliphatic rings. The highest BCUT2D eigenvalue weighted by Gasteiger charge is 2.34.